The minimum Gasteiger partial charge on any atom is -0.507 e. The monoisotopic (exact) mass is 556 g/mol. The fourth-order valence-electron chi connectivity index (χ4n) is 4.94. The Morgan fingerprint density at radius 1 is 1.02 bits per heavy atom. The number of carbonyl (C=O) groups excluding carboxylic acids is 2. The molecule has 2 aromatic rings. The molecule has 0 amide bonds. The van der Waals surface area contributed by atoms with Crippen LogP contribution in [-0.4, -0.2) is 57.8 Å². The van der Waals surface area contributed by atoms with Crippen molar-refractivity contribution in [1.82, 2.24) is 0 Å². The molecule has 0 aliphatic carbocycles. The summed E-state index contributed by atoms with van der Waals surface area (Å²) in [5, 5.41) is 29.3. The summed E-state index contributed by atoms with van der Waals surface area (Å²) < 4.78 is 18.4. The van der Waals surface area contributed by atoms with Gasteiger partial charge in [-0.3, -0.25) is 9.59 Å². The molecule has 0 fully saturated rings. The fourth-order valence-corrected chi connectivity index (χ4v) is 4.94. The third-order valence-electron chi connectivity index (χ3n) is 7.06. The van der Waals surface area contributed by atoms with E-state index in [9.17, 15) is 24.6 Å². The molecule has 1 heterocycles. The van der Waals surface area contributed by atoms with Gasteiger partial charge in [0.05, 0.1) is 30.8 Å². The summed E-state index contributed by atoms with van der Waals surface area (Å²) in [6.45, 7) is 7.86. The van der Waals surface area contributed by atoms with E-state index >= 15 is 0 Å². The van der Waals surface area contributed by atoms with Crippen molar-refractivity contribution in [1.29, 1.82) is 0 Å². The highest BCUT2D eigenvalue weighted by molar-refractivity contribution is 6.01. The first kappa shape index (κ1) is 30.9. The molecule has 0 aromatic heterocycles. The predicted molar refractivity (Wildman–Crippen MR) is 149 cm³/mol. The molecule has 9 heteroatoms. The highest BCUT2D eigenvalue weighted by Crippen LogP contribution is 2.42. The Bertz CT molecular complexity index is 1240. The second-order valence-electron chi connectivity index (χ2n) is 10.5. The Morgan fingerprint density at radius 3 is 2.23 bits per heavy atom. The van der Waals surface area contributed by atoms with Gasteiger partial charge < -0.3 is 29.5 Å². The highest BCUT2D eigenvalue weighted by atomic mass is 16.5. The molecule has 1 aliphatic rings. The van der Waals surface area contributed by atoms with E-state index in [1.165, 1.54) is 6.92 Å². The maximum atomic E-state index is 13.0. The van der Waals surface area contributed by atoms with Crippen LogP contribution in [-0.2, 0) is 17.6 Å². The lowest BCUT2D eigenvalue weighted by atomic mass is 9.85. The molecule has 0 saturated carbocycles. The van der Waals surface area contributed by atoms with Gasteiger partial charge in [0.2, 0.25) is 0 Å². The van der Waals surface area contributed by atoms with Gasteiger partial charge in [-0.15, -0.1) is 0 Å². The number of aromatic hydroxyl groups is 1. The number of carbonyl (C=O) groups is 3. The van der Waals surface area contributed by atoms with Crippen LogP contribution in [0, 0.1) is 0 Å². The summed E-state index contributed by atoms with van der Waals surface area (Å²) >= 11 is 0. The van der Waals surface area contributed by atoms with E-state index in [4.69, 9.17) is 19.3 Å². The lowest BCUT2D eigenvalue weighted by Gasteiger charge is -2.36. The van der Waals surface area contributed by atoms with Crippen LogP contribution >= 0.6 is 0 Å². The Balaban J connectivity index is 1.69. The van der Waals surface area contributed by atoms with E-state index in [-0.39, 0.29) is 42.1 Å². The molecular weight excluding hydrogens is 516 g/mol. The molecule has 0 spiro atoms. The third kappa shape index (κ3) is 7.33. The first-order valence-electron chi connectivity index (χ1n) is 13.9. The van der Waals surface area contributed by atoms with Crippen LogP contribution in [0.15, 0.2) is 24.3 Å². The number of hydrogen-bond acceptors (Lipinski definition) is 8. The zero-order valence-electron chi connectivity index (χ0n) is 23.7. The van der Waals surface area contributed by atoms with E-state index < -0.39 is 17.7 Å². The quantitative estimate of drug-likeness (QED) is 0.197. The Morgan fingerprint density at radius 2 is 1.62 bits per heavy atom. The van der Waals surface area contributed by atoms with Crippen LogP contribution in [0.4, 0.5) is 0 Å². The Hall–Kier alpha value is -3.59. The number of hydrogen-bond donors (Lipinski definition) is 3. The molecular formula is C31H40O9. The van der Waals surface area contributed by atoms with Crippen molar-refractivity contribution in [3.63, 3.8) is 0 Å². The number of aliphatic hydroxyl groups excluding tert-OH is 1. The molecule has 3 N–H and O–H groups in total. The van der Waals surface area contributed by atoms with Gasteiger partial charge in [-0.25, -0.2) is 4.79 Å². The van der Waals surface area contributed by atoms with E-state index in [1.807, 2.05) is 13.8 Å². The summed E-state index contributed by atoms with van der Waals surface area (Å²) in [6.07, 6.45) is 2.11. The van der Waals surface area contributed by atoms with Gasteiger partial charge in [-0.2, -0.15) is 0 Å². The number of aliphatic carboxylic acids is 1. The maximum Gasteiger partial charge on any atom is 0.332 e. The summed E-state index contributed by atoms with van der Waals surface area (Å²) in [5.74, 6) is -0.00419. The molecule has 40 heavy (non-hydrogen) atoms. The standard InChI is InChI=1S/C31H40O9/c1-5-8-22-26(12-10-20(19(3)32)28(22)35)38-16-7-17-39-27-13-11-21-25(34)18-31(4,15-14-24(33)30(36)37)40-29(21)23(27)9-6-2/h10-13,24,33,35H,5-9,14-18H2,1-4H3,(H,36,37). The lowest BCUT2D eigenvalue weighted by Crippen LogP contribution is -2.40. The molecule has 2 atom stereocenters. The van der Waals surface area contributed by atoms with Crippen molar-refractivity contribution in [2.45, 2.75) is 90.8 Å². The van der Waals surface area contributed by atoms with Crippen LogP contribution in [0.5, 0.6) is 23.0 Å². The third-order valence-corrected chi connectivity index (χ3v) is 7.06. The van der Waals surface area contributed by atoms with Crippen LogP contribution < -0.4 is 14.2 Å². The number of ketones is 2. The number of carboxylic acids is 1. The summed E-state index contributed by atoms with van der Waals surface area (Å²) in [7, 11) is 0. The topological polar surface area (TPSA) is 140 Å². The number of phenols is 1. The van der Waals surface area contributed by atoms with Crippen molar-refractivity contribution in [3.05, 3.63) is 46.5 Å². The predicted octanol–water partition coefficient (Wildman–Crippen LogP) is 5.30. The maximum absolute atomic E-state index is 13.0. The van der Waals surface area contributed by atoms with Crippen LogP contribution in [0.2, 0.25) is 0 Å². The molecule has 3 rings (SSSR count). The molecule has 1 aliphatic heterocycles. The second-order valence-corrected chi connectivity index (χ2v) is 10.5. The number of aliphatic hydroxyl groups is 1. The smallest absolute Gasteiger partial charge is 0.332 e. The van der Waals surface area contributed by atoms with Crippen molar-refractivity contribution >= 4 is 17.5 Å². The number of phenolic OH excluding ortho intramolecular Hbond substituents is 1. The van der Waals surface area contributed by atoms with Crippen molar-refractivity contribution in [2.24, 2.45) is 0 Å². The number of benzene rings is 2. The van der Waals surface area contributed by atoms with Crippen molar-refractivity contribution < 1.29 is 43.9 Å². The molecule has 0 saturated heterocycles. The van der Waals surface area contributed by atoms with E-state index in [0.29, 0.717) is 60.9 Å². The zero-order chi connectivity index (χ0) is 29.4. The van der Waals surface area contributed by atoms with Gasteiger partial charge in [-0.05, 0) is 63.8 Å². The number of Topliss-reactive ketones (excluding diaryl/α,β-unsaturated/α-hetero) is 2. The second kappa shape index (κ2) is 13.7. The molecule has 0 bridgehead atoms. The molecule has 9 nitrogen and oxygen atoms in total. The number of ether oxygens (including phenoxy) is 3. The van der Waals surface area contributed by atoms with Crippen LogP contribution in [0.3, 0.4) is 0 Å². The van der Waals surface area contributed by atoms with Gasteiger partial charge in [0.1, 0.15) is 28.6 Å². The largest absolute Gasteiger partial charge is 0.507 e. The lowest BCUT2D eigenvalue weighted by molar-refractivity contribution is -0.147. The molecule has 0 radical (unpaired) electrons. The molecule has 2 aromatic carbocycles. The average molecular weight is 557 g/mol. The summed E-state index contributed by atoms with van der Waals surface area (Å²) in [5.41, 5.74) is 1.23. The van der Waals surface area contributed by atoms with Gasteiger partial charge in [-0.1, -0.05) is 26.7 Å². The summed E-state index contributed by atoms with van der Waals surface area (Å²) in [4.78, 5) is 35.8. The van der Waals surface area contributed by atoms with E-state index in [2.05, 4.69) is 0 Å². The first-order valence-corrected chi connectivity index (χ1v) is 13.9. The molecule has 218 valence electrons. The van der Waals surface area contributed by atoms with Crippen LogP contribution in [0.1, 0.15) is 98.1 Å². The van der Waals surface area contributed by atoms with Gasteiger partial charge in [0.15, 0.2) is 17.7 Å². The number of carboxylic acid groups (broad SMARTS) is 1. The summed E-state index contributed by atoms with van der Waals surface area (Å²) in [6, 6.07) is 6.77. The normalized spacial score (nSPS) is 17.1. The SMILES string of the molecule is CCCc1c(OCCCOc2ccc3c(c2CCC)OC(C)(CCC(O)C(=O)O)CC3=O)ccc(C(C)=O)c1O. The van der Waals surface area contributed by atoms with E-state index in [0.717, 1.165) is 18.4 Å². The van der Waals surface area contributed by atoms with Gasteiger partial charge >= 0.3 is 5.97 Å². The molecule has 2 unspecified atom stereocenters. The number of fused-ring (bicyclic) bond motifs is 1. The average Bonchev–Trinajstić information content (AvgIpc) is 2.89. The first-order chi connectivity index (χ1) is 19.0. The minimum absolute atomic E-state index is 0.0248. The fraction of sp³-hybridized carbons (Fsp3) is 0.516. The highest BCUT2D eigenvalue weighted by Gasteiger charge is 2.39. The Kier molecular flexibility index (Phi) is 10.6. The van der Waals surface area contributed by atoms with Gasteiger partial charge in [0.25, 0.3) is 0 Å². The van der Waals surface area contributed by atoms with Crippen molar-refractivity contribution in [2.75, 3.05) is 13.2 Å². The zero-order valence-corrected chi connectivity index (χ0v) is 23.7. The van der Waals surface area contributed by atoms with Crippen LogP contribution in [0.25, 0.3) is 0 Å². The number of rotatable bonds is 15. The Labute approximate surface area is 235 Å². The van der Waals surface area contributed by atoms with E-state index in [1.54, 1.807) is 31.2 Å². The van der Waals surface area contributed by atoms with Gasteiger partial charge in [0, 0.05) is 17.5 Å². The minimum atomic E-state index is -1.52. The van der Waals surface area contributed by atoms with Crippen molar-refractivity contribution in [3.8, 4) is 23.0 Å².